The van der Waals surface area contributed by atoms with Crippen molar-refractivity contribution in [3.8, 4) is 0 Å². The minimum Gasteiger partial charge on any atom is -0.336 e. The molecule has 0 N–H and O–H groups in total. The summed E-state index contributed by atoms with van der Waals surface area (Å²) in [6.07, 6.45) is 2.65. The maximum atomic E-state index is 13.1. The lowest BCUT2D eigenvalue weighted by Gasteiger charge is -2.35. The van der Waals surface area contributed by atoms with Crippen molar-refractivity contribution in [1.82, 2.24) is 14.7 Å². The Morgan fingerprint density at radius 1 is 0.786 bits per heavy atom. The molecule has 0 saturated carbocycles. The number of carbonyl (C=O) groups is 2. The van der Waals surface area contributed by atoms with E-state index < -0.39 is 0 Å². The third kappa shape index (κ3) is 4.35. The third-order valence-corrected chi connectivity index (χ3v) is 6.61. The number of hydrogen-bond acceptors (Lipinski definition) is 5. The molecule has 1 aromatic heterocycles. The Morgan fingerprint density at radius 2 is 1.43 bits per heavy atom. The average Bonchev–Trinajstić information content (AvgIpc) is 3.46. The fraction of sp³-hybridized carbons (Fsp3) is 0.455. The topological polar surface area (TPSA) is 43.9 Å². The van der Waals surface area contributed by atoms with Crippen LogP contribution in [-0.4, -0.2) is 78.7 Å². The molecule has 0 bridgehead atoms. The fourth-order valence-electron chi connectivity index (χ4n) is 4.04. The first-order valence-electron chi connectivity index (χ1n) is 10.1. The van der Waals surface area contributed by atoms with Gasteiger partial charge in [0.25, 0.3) is 5.91 Å². The second kappa shape index (κ2) is 8.99. The Morgan fingerprint density at radius 3 is 2.07 bits per heavy atom. The molecule has 4 rings (SSSR count). The molecule has 2 aliphatic heterocycles. The van der Waals surface area contributed by atoms with E-state index in [1.54, 1.807) is 12.1 Å². The largest absolute Gasteiger partial charge is 0.336 e. The minimum atomic E-state index is -0.0665. The number of rotatable bonds is 6. The molecule has 0 spiro atoms. The fourth-order valence-corrected chi connectivity index (χ4v) is 4.72. The first-order valence-corrected chi connectivity index (χ1v) is 11.0. The van der Waals surface area contributed by atoms with E-state index in [2.05, 4.69) is 9.80 Å². The lowest BCUT2D eigenvalue weighted by atomic mass is 10.0. The van der Waals surface area contributed by atoms with Crippen LogP contribution in [0.25, 0.3) is 0 Å². The molecule has 2 saturated heterocycles. The van der Waals surface area contributed by atoms with E-state index in [1.165, 1.54) is 37.3 Å². The predicted molar refractivity (Wildman–Crippen MR) is 112 cm³/mol. The van der Waals surface area contributed by atoms with E-state index in [0.717, 1.165) is 39.3 Å². The zero-order valence-corrected chi connectivity index (χ0v) is 17.0. The second-order valence-corrected chi connectivity index (χ2v) is 8.48. The first kappa shape index (κ1) is 19.3. The summed E-state index contributed by atoms with van der Waals surface area (Å²) in [5.74, 6) is -0.0945. The maximum Gasteiger partial charge on any atom is 0.254 e. The van der Waals surface area contributed by atoms with E-state index in [0.29, 0.717) is 16.0 Å². The molecule has 28 heavy (non-hydrogen) atoms. The standard InChI is InChI=1S/C22H27N3O2S/c26-21(20-8-5-17-28-20)18-6-1-2-7-19(18)22(27)25-15-13-24(14-16-25)12-11-23-9-3-4-10-23/h1-2,5-8,17H,3-4,9-16H2. The Hall–Kier alpha value is -2.02. The molecule has 148 valence electrons. The van der Waals surface area contributed by atoms with Crippen molar-refractivity contribution in [2.24, 2.45) is 0 Å². The van der Waals surface area contributed by atoms with Crippen LogP contribution in [0.1, 0.15) is 38.4 Å². The van der Waals surface area contributed by atoms with Gasteiger partial charge in [-0.1, -0.05) is 24.3 Å². The molecule has 6 heteroatoms. The average molecular weight is 398 g/mol. The Bertz CT molecular complexity index is 807. The summed E-state index contributed by atoms with van der Waals surface area (Å²) in [7, 11) is 0. The molecular formula is C22H27N3O2S. The van der Waals surface area contributed by atoms with Crippen LogP contribution in [0, 0.1) is 0 Å². The third-order valence-electron chi connectivity index (χ3n) is 5.74. The smallest absolute Gasteiger partial charge is 0.254 e. The molecule has 3 heterocycles. The lowest BCUT2D eigenvalue weighted by molar-refractivity contribution is 0.0624. The number of likely N-dealkylation sites (tertiary alicyclic amines) is 1. The van der Waals surface area contributed by atoms with Crippen molar-refractivity contribution >= 4 is 23.0 Å². The predicted octanol–water partition coefficient (Wildman–Crippen LogP) is 2.83. The highest BCUT2D eigenvalue weighted by molar-refractivity contribution is 7.12. The molecule has 0 aliphatic carbocycles. The number of benzene rings is 1. The highest BCUT2D eigenvalue weighted by Gasteiger charge is 2.26. The number of piperazine rings is 1. The summed E-state index contributed by atoms with van der Waals surface area (Å²) in [6, 6.07) is 10.9. The normalized spacial score (nSPS) is 18.5. The van der Waals surface area contributed by atoms with Gasteiger partial charge in [0, 0.05) is 44.8 Å². The summed E-state index contributed by atoms with van der Waals surface area (Å²) in [5.41, 5.74) is 1.03. The number of thiophene rings is 1. The van der Waals surface area contributed by atoms with Crippen LogP contribution >= 0.6 is 11.3 Å². The molecule has 2 fully saturated rings. The Labute approximate surface area is 170 Å². The molecule has 0 radical (unpaired) electrons. The van der Waals surface area contributed by atoms with Crippen molar-refractivity contribution in [2.45, 2.75) is 12.8 Å². The van der Waals surface area contributed by atoms with Crippen LogP contribution in [0.5, 0.6) is 0 Å². The monoisotopic (exact) mass is 397 g/mol. The SMILES string of the molecule is O=C(c1cccs1)c1ccccc1C(=O)N1CCN(CCN2CCCC2)CC1. The van der Waals surface area contributed by atoms with Gasteiger partial charge in [0.1, 0.15) is 0 Å². The summed E-state index contributed by atoms with van der Waals surface area (Å²) in [4.78, 5) is 33.5. The van der Waals surface area contributed by atoms with Gasteiger partial charge in [-0.25, -0.2) is 0 Å². The molecule has 1 amide bonds. The molecule has 2 aromatic rings. The number of amides is 1. The quantitative estimate of drug-likeness (QED) is 0.703. The van der Waals surface area contributed by atoms with E-state index in [-0.39, 0.29) is 11.7 Å². The maximum absolute atomic E-state index is 13.1. The van der Waals surface area contributed by atoms with Crippen molar-refractivity contribution in [2.75, 3.05) is 52.4 Å². The summed E-state index contributed by atoms with van der Waals surface area (Å²) >= 11 is 1.41. The summed E-state index contributed by atoms with van der Waals surface area (Å²) in [5, 5.41) is 1.89. The van der Waals surface area contributed by atoms with Crippen molar-refractivity contribution in [1.29, 1.82) is 0 Å². The van der Waals surface area contributed by atoms with Crippen LogP contribution in [0.4, 0.5) is 0 Å². The number of carbonyl (C=O) groups excluding carboxylic acids is 2. The Balaban J connectivity index is 1.37. The number of hydrogen-bond donors (Lipinski definition) is 0. The molecule has 5 nitrogen and oxygen atoms in total. The minimum absolute atomic E-state index is 0.0281. The number of ketones is 1. The summed E-state index contributed by atoms with van der Waals surface area (Å²) in [6.45, 7) is 7.92. The van der Waals surface area contributed by atoms with E-state index in [4.69, 9.17) is 0 Å². The van der Waals surface area contributed by atoms with E-state index >= 15 is 0 Å². The van der Waals surface area contributed by atoms with Crippen LogP contribution in [0.15, 0.2) is 41.8 Å². The second-order valence-electron chi connectivity index (χ2n) is 7.53. The van der Waals surface area contributed by atoms with Crippen LogP contribution < -0.4 is 0 Å². The van der Waals surface area contributed by atoms with Gasteiger partial charge in [-0.2, -0.15) is 0 Å². The Kier molecular flexibility index (Phi) is 6.20. The van der Waals surface area contributed by atoms with Gasteiger partial charge in [0.2, 0.25) is 5.78 Å². The summed E-state index contributed by atoms with van der Waals surface area (Å²) < 4.78 is 0. The van der Waals surface area contributed by atoms with Crippen molar-refractivity contribution < 1.29 is 9.59 Å². The van der Waals surface area contributed by atoms with Crippen molar-refractivity contribution in [3.05, 3.63) is 57.8 Å². The van der Waals surface area contributed by atoms with Gasteiger partial charge in [0.15, 0.2) is 0 Å². The van der Waals surface area contributed by atoms with Gasteiger partial charge in [0.05, 0.1) is 10.4 Å². The zero-order chi connectivity index (χ0) is 19.3. The lowest BCUT2D eigenvalue weighted by Crippen LogP contribution is -2.50. The number of nitrogens with zero attached hydrogens (tertiary/aromatic N) is 3. The van der Waals surface area contributed by atoms with Crippen molar-refractivity contribution in [3.63, 3.8) is 0 Å². The zero-order valence-electron chi connectivity index (χ0n) is 16.2. The van der Waals surface area contributed by atoms with Gasteiger partial charge in [-0.3, -0.25) is 14.5 Å². The molecule has 2 aliphatic rings. The van der Waals surface area contributed by atoms with Gasteiger partial charge < -0.3 is 9.80 Å². The van der Waals surface area contributed by atoms with Crippen LogP contribution in [0.2, 0.25) is 0 Å². The highest BCUT2D eigenvalue weighted by atomic mass is 32.1. The van der Waals surface area contributed by atoms with E-state index in [1.807, 2.05) is 34.5 Å². The molecule has 0 atom stereocenters. The molecule has 0 unspecified atom stereocenters. The van der Waals surface area contributed by atoms with Crippen LogP contribution in [-0.2, 0) is 0 Å². The van der Waals surface area contributed by atoms with Crippen LogP contribution in [0.3, 0.4) is 0 Å². The first-order chi connectivity index (χ1) is 13.7. The van der Waals surface area contributed by atoms with Gasteiger partial charge >= 0.3 is 0 Å². The van der Waals surface area contributed by atoms with E-state index in [9.17, 15) is 9.59 Å². The van der Waals surface area contributed by atoms with Gasteiger partial charge in [-0.05, 0) is 43.4 Å². The highest BCUT2D eigenvalue weighted by Crippen LogP contribution is 2.20. The molecular weight excluding hydrogens is 370 g/mol. The molecule has 1 aromatic carbocycles. The van der Waals surface area contributed by atoms with Gasteiger partial charge in [-0.15, -0.1) is 11.3 Å².